The van der Waals surface area contributed by atoms with Gasteiger partial charge in [-0.1, -0.05) is 12.1 Å². The number of carbonyl (C=O) groups is 1. The van der Waals surface area contributed by atoms with Crippen LogP contribution in [-0.2, 0) is 12.0 Å². The van der Waals surface area contributed by atoms with Crippen LogP contribution in [0.2, 0.25) is 0 Å². The molecule has 2 aliphatic rings. The van der Waals surface area contributed by atoms with E-state index in [2.05, 4.69) is 21.1 Å². The van der Waals surface area contributed by atoms with Crippen molar-refractivity contribution in [3.8, 4) is 17.0 Å². The topological polar surface area (TPSA) is 72.3 Å². The third-order valence-electron chi connectivity index (χ3n) is 7.65. The number of nitrogens with one attached hydrogen (secondary N) is 1. The highest BCUT2D eigenvalue weighted by Crippen LogP contribution is 2.44. The minimum absolute atomic E-state index is 0.0795. The second kappa shape index (κ2) is 9.34. The number of alkyl halides is 2. The first-order chi connectivity index (χ1) is 18.3. The van der Waals surface area contributed by atoms with Gasteiger partial charge < -0.3 is 15.0 Å². The fourth-order valence-electron chi connectivity index (χ4n) is 5.60. The highest BCUT2D eigenvalue weighted by molar-refractivity contribution is 5.84. The van der Waals surface area contributed by atoms with Crippen LogP contribution in [0.25, 0.3) is 22.2 Å². The lowest BCUT2D eigenvalue weighted by atomic mass is 9.82. The lowest BCUT2D eigenvalue weighted by molar-refractivity contribution is -0.0497. The molecule has 1 unspecified atom stereocenters. The maximum Gasteiger partial charge on any atom is 0.387 e. The number of hydrogen-bond acceptors (Lipinski definition) is 4. The molecule has 1 N–H and O–H groups in total. The molecule has 2 aliphatic heterocycles. The van der Waals surface area contributed by atoms with Crippen molar-refractivity contribution in [2.45, 2.75) is 44.4 Å². The van der Waals surface area contributed by atoms with Gasteiger partial charge in [0, 0.05) is 47.9 Å². The largest absolute Gasteiger partial charge is 0.435 e. The molecule has 1 saturated heterocycles. The molecule has 0 aliphatic carbocycles. The molecule has 1 fully saturated rings. The number of urea groups is 1. The number of hydrogen-bond donors (Lipinski definition) is 1. The number of rotatable bonds is 5. The monoisotopic (exact) mass is 521 g/mol. The third-order valence-corrected chi connectivity index (χ3v) is 7.65. The zero-order valence-electron chi connectivity index (χ0n) is 20.7. The summed E-state index contributed by atoms with van der Waals surface area (Å²) < 4.78 is 45.1. The van der Waals surface area contributed by atoms with Crippen molar-refractivity contribution < 1.29 is 22.7 Å². The molecule has 0 bridgehead atoms. The summed E-state index contributed by atoms with van der Waals surface area (Å²) in [6, 6.07) is 14.3. The van der Waals surface area contributed by atoms with Crippen LogP contribution in [0.4, 0.5) is 18.0 Å². The summed E-state index contributed by atoms with van der Waals surface area (Å²) in [5, 5.41) is 8.51. The Bertz CT molecular complexity index is 1510. The SMILES string of the molecule is C[C@@H](NC(=O)N1CCC2(CCn3nc(-c4cnc5ccc(OC(F)F)cc5c4)cc32)C1)c1ccc(F)cc1. The summed E-state index contributed by atoms with van der Waals surface area (Å²) in [5.74, 6) is -0.230. The Morgan fingerprint density at radius 3 is 2.66 bits per heavy atom. The molecule has 2 amide bonds. The number of carbonyl (C=O) groups excluding carboxylic acids is 1. The van der Waals surface area contributed by atoms with Crippen LogP contribution in [0.3, 0.4) is 0 Å². The molecule has 10 heteroatoms. The average Bonchev–Trinajstić information content (AvgIpc) is 3.60. The van der Waals surface area contributed by atoms with Crippen LogP contribution in [-0.4, -0.2) is 45.4 Å². The van der Waals surface area contributed by atoms with Crippen LogP contribution in [0.5, 0.6) is 5.75 Å². The number of benzene rings is 2. The minimum atomic E-state index is -2.89. The van der Waals surface area contributed by atoms with Gasteiger partial charge in [-0.2, -0.15) is 13.9 Å². The standard InChI is InChI=1S/C28H26F3N5O2/c1-17(18-2-4-21(29)5-3-18)33-27(37)35-10-8-28(16-35)9-11-36-25(28)14-24(34-36)20-12-19-13-22(38-26(30)31)6-7-23(19)32-15-20/h2-7,12-15,17,26H,8-11,16H2,1H3,(H,33,37)/t17-,28?/m1/s1. The Hall–Kier alpha value is -4.08. The Morgan fingerprint density at radius 1 is 1.08 bits per heavy atom. The van der Waals surface area contributed by atoms with E-state index in [1.165, 1.54) is 18.2 Å². The van der Waals surface area contributed by atoms with Crippen molar-refractivity contribution in [1.82, 2.24) is 25.0 Å². The van der Waals surface area contributed by atoms with Gasteiger partial charge in [0.25, 0.3) is 0 Å². The van der Waals surface area contributed by atoms with Gasteiger partial charge in [-0.15, -0.1) is 0 Å². The van der Waals surface area contributed by atoms with E-state index < -0.39 is 6.61 Å². The molecular weight excluding hydrogens is 495 g/mol. The fraction of sp³-hybridized carbons (Fsp3) is 0.321. The highest BCUT2D eigenvalue weighted by Gasteiger charge is 2.47. The Morgan fingerprint density at radius 2 is 1.87 bits per heavy atom. The minimum Gasteiger partial charge on any atom is -0.435 e. The summed E-state index contributed by atoms with van der Waals surface area (Å²) in [7, 11) is 0. The first-order valence-corrected chi connectivity index (χ1v) is 12.5. The number of aromatic nitrogens is 3. The van der Waals surface area contributed by atoms with Crippen LogP contribution in [0, 0.1) is 5.82 Å². The molecule has 1 spiro atoms. The number of likely N-dealkylation sites (tertiary alicyclic amines) is 1. The molecule has 0 radical (unpaired) electrons. The summed E-state index contributed by atoms with van der Waals surface area (Å²) in [5.41, 5.74) is 3.96. The number of fused-ring (bicyclic) bond motifs is 3. The zero-order valence-corrected chi connectivity index (χ0v) is 20.7. The first-order valence-electron chi connectivity index (χ1n) is 12.5. The molecule has 7 nitrogen and oxygen atoms in total. The van der Waals surface area contributed by atoms with Crippen LogP contribution in [0.15, 0.2) is 60.8 Å². The predicted octanol–water partition coefficient (Wildman–Crippen LogP) is 5.66. The maximum atomic E-state index is 13.2. The predicted molar refractivity (Wildman–Crippen MR) is 135 cm³/mol. The number of halogens is 3. The fourth-order valence-corrected chi connectivity index (χ4v) is 5.60. The molecule has 2 atom stereocenters. The number of pyridine rings is 1. The molecule has 2 aromatic carbocycles. The number of ether oxygens (including phenoxy) is 1. The summed E-state index contributed by atoms with van der Waals surface area (Å²) in [6.07, 6.45) is 3.46. The van der Waals surface area contributed by atoms with Crippen molar-refractivity contribution in [2.24, 2.45) is 0 Å². The van der Waals surface area contributed by atoms with Gasteiger partial charge in [-0.3, -0.25) is 9.67 Å². The van der Waals surface area contributed by atoms with Crippen molar-refractivity contribution in [2.75, 3.05) is 13.1 Å². The van der Waals surface area contributed by atoms with Crippen molar-refractivity contribution in [3.05, 3.63) is 77.9 Å². The molecule has 6 rings (SSSR count). The van der Waals surface area contributed by atoms with Gasteiger partial charge in [-0.05, 0) is 67.8 Å². The van der Waals surface area contributed by atoms with E-state index in [0.717, 1.165) is 41.9 Å². The molecule has 38 heavy (non-hydrogen) atoms. The molecule has 2 aromatic heterocycles. The first kappa shape index (κ1) is 24.3. The van der Waals surface area contributed by atoms with Gasteiger partial charge in [0.2, 0.25) is 0 Å². The van der Waals surface area contributed by atoms with Crippen LogP contribution in [0.1, 0.15) is 37.1 Å². The normalized spacial score (nSPS) is 19.3. The van der Waals surface area contributed by atoms with Gasteiger partial charge >= 0.3 is 12.6 Å². The molecule has 0 saturated carbocycles. The smallest absolute Gasteiger partial charge is 0.387 e. The summed E-state index contributed by atoms with van der Waals surface area (Å²) >= 11 is 0. The van der Waals surface area contributed by atoms with Gasteiger partial charge in [0.05, 0.1) is 17.3 Å². The third kappa shape index (κ3) is 4.44. The van der Waals surface area contributed by atoms with E-state index in [1.807, 2.05) is 22.6 Å². The Labute approximate surface area is 217 Å². The van der Waals surface area contributed by atoms with Gasteiger partial charge in [-0.25, -0.2) is 9.18 Å². The van der Waals surface area contributed by atoms with Crippen LogP contribution < -0.4 is 10.1 Å². The Kier molecular flexibility index (Phi) is 5.97. The summed E-state index contributed by atoms with van der Waals surface area (Å²) in [4.78, 5) is 19.4. The molecule has 196 valence electrons. The quantitative estimate of drug-likeness (QED) is 0.368. The highest BCUT2D eigenvalue weighted by atomic mass is 19.3. The molecule has 4 heterocycles. The van der Waals surface area contributed by atoms with E-state index in [0.29, 0.717) is 24.0 Å². The van der Waals surface area contributed by atoms with Crippen molar-refractivity contribution >= 4 is 16.9 Å². The van der Waals surface area contributed by atoms with Crippen LogP contribution >= 0.6 is 0 Å². The second-order valence-electron chi connectivity index (χ2n) is 10.0. The van der Waals surface area contributed by atoms with E-state index in [-0.39, 0.29) is 29.1 Å². The molecule has 4 aromatic rings. The van der Waals surface area contributed by atoms with E-state index in [9.17, 15) is 18.0 Å². The number of aryl methyl sites for hydroxylation is 1. The van der Waals surface area contributed by atoms with Crippen molar-refractivity contribution in [3.63, 3.8) is 0 Å². The summed E-state index contributed by atoms with van der Waals surface area (Å²) in [6.45, 7) is 0.963. The van der Waals surface area contributed by atoms with E-state index in [4.69, 9.17) is 5.10 Å². The lowest BCUT2D eigenvalue weighted by Crippen LogP contribution is -2.41. The van der Waals surface area contributed by atoms with Gasteiger partial charge in [0.1, 0.15) is 11.6 Å². The second-order valence-corrected chi connectivity index (χ2v) is 10.0. The van der Waals surface area contributed by atoms with E-state index in [1.54, 1.807) is 30.5 Å². The number of amides is 2. The van der Waals surface area contributed by atoms with E-state index >= 15 is 0 Å². The van der Waals surface area contributed by atoms with Crippen molar-refractivity contribution in [1.29, 1.82) is 0 Å². The number of nitrogens with zero attached hydrogens (tertiary/aromatic N) is 4. The zero-order chi connectivity index (χ0) is 26.4. The molecular formula is C28H26F3N5O2. The maximum absolute atomic E-state index is 13.2. The van der Waals surface area contributed by atoms with Gasteiger partial charge in [0.15, 0.2) is 0 Å². The average molecular weight is 522 g/mol. The Balaban J connectivity index is 1.19. The lowest BCUT2D eigenvalue weighted by Gasteiger charge is -2.25.